The highest BCUT2D eigenvalue weighted by Crippen LogP contribution is 2.32. The molecule has 0 saturated carbocycles. The van der Waals surface area contributed by atoms with Gasteiger partial charge in [0.05, 0.1) is 0 Å². The predicted molar refractivity (Wildman–Crippen MR) is 84.3 cm³/mol. The lowest BCUT2D eigenvalue weighted by atomic mass is 9.96. The molecule has 0 nitrogen and oxygen atoms in total. The van der Waals surface area contributed by atoms with Crippen LogP contribution in [0.15, 0.2) is 16.8 Å². The lowest BCUT2D eigenvalue weighted by Crippen LogP contribution is -1.97. The molecule has 0 fully saturated rings. The van der Waals surface area contributed by atoms with Crippen molar-refractivity contribution in [3.05, 3.63) is 43.3 Å². The Labute approximate surface area is 119 Å². The van der Waals surface area contributed by atoms with Gasteiger partial charge in [-0.25, -0.2) is 0 Å². The molecular weight excluding hydrogens is 256 g/mol. The van der Waals surface area contributed by atoms with E-state index >= 15 is 0 Å². The highest BCUT2D eigenvalue weighted by molar-refractivity contribution is 7.12. The highest BCUT2D eigenvalue weighted by atomic mass is 32.1. The van der Waals surface area contributed by atoms with Gasteiger partial charge in [-0.05, 0) is 65.6 Å². The third kappa shape index (κ3) is 2.86. The molecule has 0 amide bonds. The maximum Gasteiger partial charge on any atom is 0.00569 e. The van der Waals surface area contributed by atoms with E-state index in [1.165, 1.54) is 32.9 Å². The molecule has 2 heteroatoms. The lowest BCUT2D eigenvalue weighted by molar-refractivity contribution is 0.764. The zero-order valence-electron chi connectivity index (χ0n) is 11.9. The Bertz CT molecular complexity index is 517. The van der Waals surface area contributed by atoms with Crippen LogP contribution in [0.25, 0.3) is 0 Å². The summed E-state index contributed by atoms with van der Waals surface area (Å²) in [6.45, 7) is 11.4. The molecular formula is C16H22S2. The first-order valence-electron chi connectivity index (χ1n) is 6.61. The number of aryl methyl sites for hydroxylation is 2. The van der Waals surface area contributed by atoms with E-state index in [0.717, 1.165) is 0 Å². The van der Waals surface area contributed by atoms with Crippen LogP contribution in [0.1, 0.15) is 59.1 Å². The summed E-state index contributed by atoms with van der Waals surface area (Å²) in [4.78, 5) is 3.03. The van der Waals surface area contributed by atoms with Gasteiger partial charge in [0.1, 0.15) is 0 Å². The standard InChI is InChI=1S/C16H22S2/c1-10(2)15-7-14(18-13(15)5)6-11(3)16-9-17-8-12(16)4/h7-11H,6H2,1-5H3. The van der Waals surface area contributed by atoms with E-state index in [1.807, 2.05) is 22.7 Å². The molecule has 1 atom stereocenters. The molecule has 0 radical (unpaired) electrons. The van der Waals surface area contributed by atoms with E-state index in [2.05, 4.69) is 51.4 Å². The van der Waals surface area contributed by atoms with Crippen molar-refractivity contribution in [3.63, 3.8) is 0 Å². The Morgan fingerprint density at radius 1 is 1.06 bits per heavy atom. The normalized spacial score (nSPS) is 13.2. The van der Waals surface area contributed by atoms with Crippen LogP contribution in [0.4, 0.5) is 0 Å². The van der Waals surface area contributed by atoms with Crippen molar-refractivity contribution in [3.8, 4) is 0 Å². The molecule has 0 aliphatic carbocycles. The van der Waals surface area contributed by atoms with Crippen LogP contribution in [-0.2, 0) is 6.42 Å². The minimum absolute atomic E-state index is 0.634. The second-order valence-electron chi connectivity index (χ2n) is 5.49. The van der Waals surface area contributed by atoms with E-state index in [4.69, 9.17) is 0 Å². The summed E-state index contributed by atoms with van der Waals surface area (Å²) < 4.78 is 0. The molecule has 2 aromatic heterocycles. The molecule has 0 N–H and O–H groups in total. The molecule has 2 heterocycles. The Morgan fingerprint density at radius 3 is 2.28 bits per heavy atom. The summed E-state index contributed by atoms with van der Waals surface area (Å²) in [7, 11) is 0. The molecule has 18 heavy (non-hydrogen) atoms. The first-order valence-corrected chi connectivity index (χ1v) is 8.36. The smallest absolute Gasteiger partial charge is 0.00569 e. The number of hydrogen-bond acceptors (Lipinski definition) is 2. The minimum Gasteiger partial charge on any atom is -0.152 e. The third-order valence-corrected chi connectivity index (χ3v) is 5.53. The van der Waals surface area contributed by atoms with Crippen LogP contribution < -0.4 is 0 Å². The third-order valence-electron chi connectivity index (χ3n) is 3.56. The van der Waals surface area contributed by atoms with Crippen LogP contribution in [0.2, 0.25) is 0 Å². The SMILES string of the molecule is Cc1cscc1C(C)Cc1cc(C(C)C)c(C)s1. The van der Waals surface area contributed by atoms with Gasteiger partial charge in [-0.15, -0.1) is 11.3 Å². The Kier molecular flexibility index (Phi) is 4.29. The average Bonchev–Trinajstić information content (AvgIpc) is 2.84. The largest absolute Gasteiger partial charge is 0.152 e. The van der Waals surface area contributed by atoms with Gasteiger partial charge < -0.3 is 0 Å². The Balaban J connectivity index is 2.15. The summed E-state index contributed by atoms with van der Waals surface area (Å²) in [6, 6.07) is 2.42. The first kappa shape index (κ1) is 13.8. The van der Waals surface area contributed by atoms with Crippen molar-refractivity contribution >= 4 is 22.7 Å². The predicted octanol–water partition coefficient (Wildman–Crippen LogP) is 5.90. The van der Waals surface area contributed by atoms with Gasteiger partial charge in [0, 0.05) is 9.75 Å². The highest BCUT2D eigenvalue weighted by Gasteiger charge is 2.14. The van der Waals surface area contributed by atoms with E-state index in [0.29, 0.717) is 11.8 Å². The number of hydrogen-bond donors (Lipinski definition) is 0. The van der Waals surface area contributed by atoms with Gasteiger partial charge in [0.25, 0.3) is 0 Å². The van der Waals surface area contributed by atoms with Crippen molar-refractivity contribution < 1.29 is 0 Å². The van der Waals surface area contributed by atoms with Crippen LogP contribution in [0.5, 0.6) is 0 Å². The van der Waals surface area contributed by atoms with Crippen LogP contribution in [0, 0.1) is 13.8 Å². The molecule has 0 aliphatic rings. The minimum atomic E-state index is 0.634. The zero-order chi connectivity index (χ0) is 13.3. The summed E-state index contributed by atoms with van der Waals surface area (Å²) in [5.74, 6) is 1.28. The first-order chi connectivity index (χ1) is 8.49. The second kappa shape index (κ2) is 5.58. The fourth-order valence-electron chi connectivity index (χ4n) is 2.52. The molecule has 1 unspecified atom stereocenters. The fraction of sp³-hybridized carbons (Fsp3) is 0.500. The molecule has 0 saturated heterocycles. The van der Waals surface area contributed by atoms with E-state index in [9.17, 15) is 0 Å². The summed E-state index contributed by atoms with van der Waals surface area (Å²) >= 11 is 3.80. The molecule has 0 bridgehead atoms. The molecule has 0 aliphatic heterocycles. The molecule has 0 aromatic carbocycles. The maximum absolute atomic E-state index is 2.42. The summed E-state index contributed by atoms with van der Waals surface area (Å²) in [6.07, 6.45) is 1.18. The van der Waals surface area contributed by atoms with Gasteiger partial charge in [-0.1, -0.05) is 20.8 Å². The quantitative estimate of drug-likeness (QED) is 0.653. The lowest BCUT2D eigenvalue weighted by Gasteiger charge is -2.09. The van der Waals surface area contributed by atoms with Gasteiger partial charge in [0.15, 0.2) is 0 Å². The number of rotatable bonds is 4. The zero-order valence-corrected chi connectivity index (χ0v) is 13.5. The molecule has 2 aromatic rings. The Morgan fingerprint density at radius 2 is 1.78 bits per heavy atom. The van der Waals surface area contributed by atoms with Gasteiger partial charge in [0.2, 0.25) is 0 Å². The molecule has 2 rings (SSSR count). The molecule has 0 spiro atoms. The van der Waals surface area contributed by atoms with E-state index in [1.54, 1.807) is 0 Å². The van der Waals surface area contributed by atoms with Gasteiger partial charge >= 0.3 is 0 Å². The Hall–Kier alpha value is -0.600. The van der Waals surface area contributed by atoms with Crippen LogP contribution in [0.3, 0.4) is 0 Å². The van der Waals surface area contributed by atoms with Gasteiger partial charge in [-0.2, -0.15) is 11.3 Å². The molecule has 98 valence electrons. The van der Waals surface area contributed by atoms with Crippen LogP contribution in [-0.4, -0.2) is 0 Å². The average molecular weight is 278 g/mol. The summed E-state index contributed by atoms with van der Waals surface area (Å²) in [5.41, 5.74) is 4.51. The second-order valence-corrected chi connectivity index (χ2v) is 7.58. The fourth-order valence-corrected chi connectivity index (χ4v) is 4.82. The van der Waals surface area contributed by atoms with Gasteiger partial charge in [-0.3, -0.25) is 0 Å². The monoisotopic (exact) mass is 278 g/mol. The van der Waals surface area contributed by atoms with Crippen molar-refractivity contribution in [1.29, 1.82) is 0 Å². The van der Waals surface area contributed by atoms with Crippen LogP contribution >= 0.6 is 22.7 Å². The topological polar surface area (TPSA) is 0 Å². The van der Waals surface area contributed by atoms with Crippen molar-refractivity contribution in [2.75, 3.05) is 0 Å². The summed E-state index contributed by atoms with van der Waals surface area (Å²) in [5, 5.41) is 4.56. The maximum atomic E-state index is 2.42. The number of thiophene rings is 2. The van der Waals surface area contributed by atoms with E-state index < -0.39 is 0 Å². The van der Waals surface area contributed by atoms with Crippen molar-refractivity contribution in [2.24, 2.45) is 0 Å². The van der Waals surface area contributed by atoms with E-state index in [-0.39, 0.29) is 0 Å². The van der Waals surface area contributed by atoms with Crippen molar-refractivity contribution in [1.82, 2.24) is 0 Å². The van der Waals surface area contributed by atoms with Crippen molar-refractivity contribution in [2.45, 2.75) is 52.9 Å².